The van der Waals surface area contributed by atoms with Gasteiger partial charge in [-0.2, -0.15) is 0 Å². The Hall–Kier alpha value is -1.71. The van der Waals surface area contributed by atoms with Crippen LogP contribution >= 0.6 is 0 Å². The van der Waals surface area contributed by atoms with Crippen LogP contribution in [0.1, 0.15) is 20.3 Å². The van der Waals surface area contributed by atoms with Gasteiger partial charge in [0.1, 0.15) is 0 Å². The summed E-state index contributed by atoms with van der Waals surface area (Å²) in [4.78, 5) is 18.5. The van der Waals surface area contributed by atoms with Gasteiger partial charge in [-0.15, -0.1) is 0 Å². The average Bonchev–Trinajstić information content (AvgIpc) is 2.98. The number of hydrogen-bond acceptors (Lipinski definition) is 2. The molecule has 0 saturated carbocycles. The van der Waals surface area contributed by atoms with Crippen molar-refractivity contribution in [3.8, 4) is 0 Å². The second-order valence-corrected chi connectivity index (χ2v) is 5.29. The van der Waals surface area contributed by atoms with Gasteiger partial charge in [0.05, 0.1) is 6.04 Å². The minimum absolute atomic E-state index is 0.148. The van der Waals surface area contributed by atoms with Crippen LogP contribution in [-0.4, -0.2) is 55.1 Å². The first-order valence-corrected chi connectivity index (χ1v) is 7.49. The Morgan fingerprint density at radius 1 is 1.25 bits per heavy atom. The molecule has 1 aromatic carbocycles. The van der Waals surface area contributed by atoms with E-state index >= 15 is 0 Å². The summed E-state index contributed by atoms with van der Waals surface area (Å²) in [5, 5.41) is 0. The molecule has 2 rings (SSSR count). The summed E-state index contributed by atoms with van der Waals surface area (Å²) in [6.45, 7) is 7.54. The highest BCUT2D eigenvalue weighted by Crippen LogP contribution is 2.22. The summed E-state index contributed by atoms with van der Waals surface area (Å²) in [5.41, 5.74) is 1.25. The molecule has 0 radical (unpaired) electrons. The van der Waals surface area contributed by atoms with Gasteiger partial charge in [0, 0.05) is 38.9 Å². The van der Waals surface area contributed by atoms with Crippen molar-refractivity contribution in [3.63, 3.8) is 0 Å². The van der Waals surface area contributed by atoms with Crippen LogP contribution in [0, 0.1) is 0 Å². The first-order valence-electron chi connectivity index (χ1n) is 7.49. The number of urea groups is 1. The molecule has 0 bridgehead atoms. The van der Waals surface area contributed by atoms with Crippen molar-refractivity contribution in [2.24, 2.45) is 0 Å². The molecule has 2 amide bonds. The molecule has 4 nitrogen and oxygen atoms in total. The molecule has 0 aromatic heterocycles. The lowest BCUT2D eigenvalue weighted by Crippen LogP contribution is -2.46. The molecule has 1 saturated heterocycles. The number of carbonyl (C=O) groups excluding carboxylic acids is 1. The lowest BCUT2D eigenvalue weighted by Gasteiger charge is -2.30. The first kappa shape index (κ1) is 14.7. The average molecular weight is 275 g/mol. The molecule has 1 aromatic rings. The van der Waals surface area contributed by atoms with Crippen LogP contribution in [0.3, 0.4) is 0 Å². The van der Waals surface area contributed by atoms with E-state index in [-0.39, 0.29) is 6.03 Å². The fourth-order valence-corrected chi connectivity index (χ4v) is 2.80. The van der Waals surface area contributed by atoms with Gasteiger partial charge >= 0.3 is 6.03 Å². The summed E-state index contributed by atoms with van der Waals surface area (Å²) in [5.74, 6) is 0. The van der Waals surface area contributed by atoms with Crippen LogP contribution in [0.15, 0.2) is 30.3 Å². The van der Waals surface area contributed by atoms with E-state index in [0.29, 0.717) is 6.04 Å². The lowest BCUT2D eigenvalue weighted by atomic mass is 10.2. The van der Waals surface area contributed by atoms with Gasteiger partial charge in [0.15, 0.2) is 0 Å². The van der Waals surface area contributed by atoms with Gasteiger partial charge in [-0.05, 0) is 32.4 Å². The third-order valence-corrected chi connectivity index (χ3v) is 4.17. The van der Waals surface area contributed by atoms with Crippen LogP contribution in [0.4, 0.5) is 10.5 Å². The number of likely N-dealkylation sites (N-methyl/N-ethyl adjacent to an activating group) is 1. The molecule has 4 heteroatoms. The number of hydrogen-bond donors (Lipinski definition) is 0. The zero-order valence-electron chi connectivity index (χ0n) is 12.7. The van der Waals surface area contributed by atoms with Crippen LogP contribution < -0.4 is 4.90 Å². The Bertz CT molecular complexity index is 431. The number of rotatable bonds is 4. The van der Waals surface area contributed by atoms with Crippen LogP contribution in [-0.2, 0) is 0 Å². The fraction of sp³-hybridized carbons (Fsp3) is 0.562. The van der Waals surface area contributed by atoms with E-state index in [2.05, 4.69) is 29.2 Å². The molecule has 0 N–H and O–H groups in total. The van der Waals surface area contributed by atoms with Gasteiger partial charge in [0.2, 0.25) is 0 Å². The Balaban J connectivity index is 1.97. The number of amides is 2. The Morgan fingerprint density at radius 2 is 1.90 bits per heavy atom. The minimum Gasteiger partial charge on any atom is -0.369 e. The molecule has 110 valence electrons. The normalized spacial score (nSPS) is 18.1. The summed E-state index contributed by atoms with van der Waals surface area (Å²) in [6, 6.07) is 10.9. The SMILES string of the molecule is CCN(CC)C(=O)N(C)[C@H]1CCN(c2ccccc2)C1. The highest BCUT2D eigenvalue weighted by atomic mass is 16.2. The molecule has 1 heterocycles. The van der Waals surface area contributed by atoms with E-state index < -0.39 is 0 Å². The fourth-order valence-electron chi connectivity index (χ4n) is 2.80. The zero-order valence-corrected chi connectivity index (χ0v) is 12.7. The molecule has 1 atom stereocenters. The minimum atomic E-state index is 0.148. The molecule has 1 aliphatic rings. The molecule has 0 spiro atoms. The van der Waals surface area contributed by atoms with E-state index in [0.717, 1.165) is 32.6 Å². The standard InChI is InChI=1S/C16H25N3O/c1-4-18(5-2)16(20)17(3)15-11-12-19(13-15)14-9-7-6-8-10-14/h6-10,15H,4-5,11-13H2,1-3H3/t15-/m0/s1. The Labute approximate surface area is 122 Å². The van der Waals surface area contributed by atoms with E-state index in [1.807, 2.05) is 36.8 Å². The van der Waals surface area contributed by atoms with E-state index in [9.17, 15) is 4.79 Å². The number of anilines is 1. The van der Waals surface area contributed by atoms with Crippen molar-refractivity contribution in [2.45, 2.75) is 26.3 Å². The Kier molecular flexibility index (Phi) is 4.88. The van der Waals surface area contributed by atoms with E-state index in [1.54, 1.807) is 0 Å². The molecule has 0 aliphatic carbocycles. The molecule has 1 fully saturated rings. The second-order valence-electron chi connectivity index (χ2n) is 5.29. The highest BCUT2D eigenvalue weighted by Gasteiger charge is 2.29. The summed E-state index contributed by atoms with van der Waals surface area (Å²) in [7, 11) is 1.93. The first-order chi connectivity index (χ1) is 9.67. The van der Waals surface area contributed by atoms with Crippen molar-refractivity contribution in [1.82, 2.24) is 9.80 Å². The maximum atomic E-state index is 12.4. The predicted octanol–water partition coefficient (Wildman–Crippen LogP) is 2.66. The number of carbonyl (C=O) groups is 1. The van der Waals surface area contributed by atoms with Gasteiger partial charge in [-0.3, -0.25) is 0 Å². The molecule has 0 unspecified atom stereocenters. The second kappa shape index (κ2) is 6.64. The summed E-state index contributed by atoms with van der Waals surface area (Å²) < 4.78 is 0. The monoisotopic (exact) mass is 275 g/mol. The number of benzene rings is 1. The smallest absolute Gasteiger partial charge is 0.320 e. The third kappa shape index (κ3) is 3.06. The van der Waals surface area contributed by atoms with Crippen molar-refractivity contribution >= 4 is 11.7 Å². The van der Waals surface area contributed by atoms with Crippen molar-refractivity contribution in [2.75, 3.05) is 38.1 Å². The zero-order chi connectivity index (χ0) is 14.5. The lowest BCUT2D eigenvalue weighted by molar-refractivity contribution is 0.154. The molecule has 1 aliphatic heterocycles. The van der Waals surface area contributed by atoms with Crippen molar-refractivity contribution in [1.29, 1.82) is 0 Å². The van der Waals surface area contributed by atoms with E-state index in [1.165, 1.54) is 5.69 Å². The van der Waals surface area contributed by atoms with Gasteiger partial charge < -0.3 is 14.7 Å². The Morgan fingerprint density at radius 3 is 2.50 bits per heavy atom. The van der Waals surface area contributed by atoms with Crippen LogP contribution in [0.5, 0.6) is 0 Å². The molecular formula is C16H25N3O. The van der Waals surface area contributed by atoms with Crippen LogP contribution in [0.25, 0.3) is 0 Å². The topological polar surface area (TPSA) is 26.8 Å². The highest BCUT2D eigenvalue weighted by molar-refractivity contribution is 5.74. The quantitative estimate of drug-likeness (QED) is 0.844. The number of para-hydroxylation sites is 1. The van der Waals surface area contributed by atoms with Gasteiger partial charge in [-0.1, -0.05) is 18.2 Å². The number of nitrogens with zero attached hydrogens (tertiary/aromatic N) is 3. The van der Waals surface area contributed by atoms with Crippen LogP contribution in [0.2, 0.25) is 0 Å². The van der Waals surface area contributed by atoms with Crippen molar-refractivity contribution < 1.29 is 4.79 Å². The maximum absolute atomic E-state index is 12.4. The predicted molar refractivity (Wildman–Crippen MR) is 83.1 cm³/mol. The molecule has 20 heavy (non-hydrogen) atoms. The van der Waals surface area contributed by atoms with E-state index in [4.69, 9.17) is 0 Å². The van der Waals surface area contributed by atoms with Gasteiger partial charge in [0.25, 0.3) is 0 Å². The molecular weight excluding hydrogens is 250 g/mol. The summed E-state index contributed by atoms with van der Waals surface area (Å²) >= 11 is 0. The summed E-state index contributed by atoms with van der Waals surface area (Å²) in [6.07, 6.45) is 1.04. The van der Waals surface area contributed by atoms with Gasteiger partial charge in [-0.25, -0.2) is 4.79 Å². The van der Waals surface area contributed by atoms with Crippen molar-refractivity contribution in [3.05, 3.63) is 30.3 Å². The largest absolute Gasteiger partial charge is 0.369 e. The third-order valence-electron chi connectivity index (χ3n) is 4.17. The maximum Gasteiger partial charge on any atom is 0.320 e.